The van der Waals surface area contributed by atoms with Gasteiger partial charge in [0.05, 0.1) is 24.1 Å². The lowest BCUT2D eigenvalue weighted by molar-refractivity contribution is -0.147. The number of carbonyl (C=O) groups excluding carboxylic acids is 3. The predicted molar refractivity (Wildman–Crippen MR) is 115 cm³/mol. The van der Waals surface area contributed by atoms with Crippen molar-refractivity contribution in [3.63, 3.8) is 0 Å². The van der Waals surface area contributed by atoms with Crippen LogP contribution >= 0.6 is 28.1 Å². The molecular formula is C19H24BrN3O5S. The molecule has 1 saturated heterocycles. The Morgan fingerprint density at radius 2 is 2.14 bits per heavy atom. The molecule has 158 valence electrons. The van der Waals surface area contributed by atoms with Gasteiger partial charge in [-0.15, -0.1) is 0 Å². The third-order valence-corrected chi connectivity index (χ3v) is 5.09. The monoisotopic (exact) mass is 485 g/mol. The lowest BCUT2D eigenvalue weighted by Crippen LogP contribution is -2.60. The van der Waals surface area contributed by atoms with Crippen molar-refractivity contribution < 1.29 is 23.9 Å². The number of hydrogen-bond donors (Lipinski definition) is 2. The molecule has 0 radical (unpaired) electrons. The first-order chi connectivity index (χ1) is 13.9. The van der Waals surface area contributed by atoms with Gasteiger partial charge in [-0.25, -0.2) is 0 Å². The minimum absolute atomic E-state index is 0.0848. The molecule has 1 heterocycles. The molecule has 1 aliphatic heterocycles. The van der Waals surface area contributed by atoms with E-state index in [2.05, 4.69) is 26.6 Å². The molecule has 8 nitrogen and oxygen atoms in total. The van der Waals surface area contributed by atoms with Gasteiger partial charge in [-0.05, 0) is 59.7 Å². The van der Waals surface area contributed by atoms with Gasteiger partial charge in [-0.2, -0.15) is 0 Å². The number of rotatable bonds is 7. The Kier molecular flexibility index (Phi) is 8.84. The number of nitrogens with one attached hydrogen (secondary N) is 2. The number of nitrogens with zero attached hydrogens (tertiary/aromatic N) is 1. The number of amides is 2. The quantitative estimate of drug-likeness (QED) is 0.450. The largest absolute Gasteiger partial charge is 0.492 e. The number of ether oxygens (including phenoxy) is 2. The van der Waals surface area contributed by atoms with Crippen LogP contribution in [0.4, 0.5) is 0 Å². The highest BCUT2D eigenvalue weighted by atomic mass is 79.9. The van der Waals surface area contributed by atoms with Crippen LogP contribution in [0.1, 0.15) is 37.0 Å². The first-order valence-electron chi connectivity index (χ1n) is 9.35. The van der Waals surface area contributed by atoms with E-state index in [0.717, 1.165) is 6.42 Å². The maximum absolute atomic E-state index is 12.6. The van der Waals surface area contributed by atoms with Crippen LogP contribution in [0.3, 0.4) is 0 Å². The smallest absolute Gasteiger partial charge is 0.308 e. The van der Waals surface area contributed by atoms with Crippen LogP contribution in [0.2, 0.25) is 0 Å². The normalized spacial score (nSPS) is 16.0. The fraction of sp³-hybridized carbons (Fsp3) is 0.474. The number of benzene rings is 1. The van der Waals surface area contributed by atoms with Crippen LogP contribution in [0.15, 0.2) is 22.7 Å². The molecule has 0 saturated carbocycles. The molecule has 1 aliphatic rings. The van der Waals surface area contributed by atoms with Gasteiger partial charge in [0.1, 0.15) is 11.8 Å². The van der Waals surface area contributed by atoms with Gasteiger partial charge in [0, 0.05) is 18.7 Å². The lowest BCUT2D eigenvalue weighted by Gasteiger charge is -2.36. The van der Waals surface area contributed by atoms with E-state index in [-0.39, 0.29) is 24.0 Å². The summed E-state index contributed by atoms with van der Waals surface area (Å²) in [6.07, 6.45) is 0.726. The van der Waals surface area contributed by atoms with Crippen molar-refractivity contribution in [2.24, 2.45) is 0 Å². The van der Waals surface area contributed by atoms with Gasteiger partial charge in [0.15, 0.2) is 5.11 Å². The summed E-state index contributed by atoms with van der Waals surface area (Å²) >= 11 is 8.73. The van der Waals surface area contributed by atoms with E-state index >= 15 is 0 Å². The van der Waals surface area contributed by atoms with Crippen molar-refractivity contribution in [3.8, 4) is 5.75 Å². The average molecular weight is 486 g/mol. The fourth-order valence-electron chi connectivity index (χ4n) is 2.75. The van der Waals surface area contributed by atoms with Crippen LogP contribution in [-0.4, -0.2) is 60.1 Å². The number of halogens is 1. The highest BCUT2D eigenvalue weighted by molar-refractivity contribution is 9.10. The highest BCUT2D eigenvalue weighted by Crippen LogP contribution is 2.26. The van der Waals surface area contributed by atoms with Gasteiger partial charge in [0.25, 0.3) is 5.91 Å². The van der Waals surface area contributed by atoms with E-state index in [4.69, 9.17) is 21.7 Å². The molecule has 1 aromatic rings. The summed E-state index contributed by atoms with van der Waals surface area (Å²) < 4.78 is 11.2. The third kappa shape index (κ3) is 6.40. The maximum Gasteiger partial charge on any atom is 0.308 e. The SMILES string of the molecule is CCCOc1ccc(C(=O)NC(=S)N2CCNC(=O)C2CC(=O)OCC)cc1Br. The van der Waals surface area contributed by atoms with Gasteiger partial charge >= 0.3 is 5.97 Å². The van der Waals surface area contributed by atoms with Crippen molar-refractivity contribution >= 4 is 51.0 Å². The summed E-state index contributed by atoms with van der Waals surface area (Å²) in [4.78, 5) is 38.2. The van der Waals surface area contributed by atoms with E-state index in [0.29, 0.717) is 35.5 Å². The van der Waals surface area contributed by atoms with Crippen molar-refractivity contribution in [2.45, 2.75) is 32.7 Å². The Morgan fingerprint density at radius 3 is 2.79 bits per heavy atom. The summed E-state index contributed by atoms with van der Waals surface area (Å²) in [5.74, 6) is -0.604. The van der Waals surface area contributed by atoms with Crippen LogP contribution in [0.25, 0.3) is 0 Å². The molecule has 1 aromatic carbocycles. The molecular weight excluding hydrogens is 462 g/mol. The van der Waals surface area contributed by atoms with Crippen LogP contribution in [-0.2, 0) is 14.3 Å². The van der Waals surface area contributed by atoms with Gasteiger partial charge in [-0.1, -0.05) is 6.92 Å². The Balaban J connectivity index is 2.06. The summed E-state index contributed by atoms with van der Waals surface area (Å²) in [6, 6.07) is 4.15. The number of esters is 1. The summed E-state index contributed by atoms with van der Waals surface area (Å²) in [7, 11) is 0. The second-order valence-electron chi connectivity index (χ2n) is 6.26. The molecule has 1 fully saturated rings. The Morgan fingerprint density at radius 1 is 1.38 bits per heavy atom. The maximum atomic E-state index is 12.6. The molecule has 29 heavy (non-hydrogen) atoms. The topological polar surface area (TPSA) is 97.0 Å². The first-order valence-corrected chi connectivity index (χ1v) is 10.5. The van der Waals surface area contributed by atoms with Gasteiger partial charge < -0.3 is 19.7 Å². The Bertz CT molecular complexity index is 789. The molecule has 1 unspecified atom stereocenters. The van der Waals surface area contributed by atoms with Crippen molar-refractivity contribution in [3.05, 3.63) is 28.2 Å². The zero-order valence-electron chi connectivity index (χ0n) is 16.3. The predicted octanol–water partition coefficient (Wildman–Crippen LogP) is 2.01. The minimum Gasteiger partial charge on any atom is -0.492 e. The molecule has 2 N–H and O–H groups in total. The highest BCUT2D eigenvalue weighted by Gasteiger charge is 2.34. The molecule has 0 spiro atoms. The Hall–Kier alpha value is -2.20. The average Bonchev–Trinajstić information content (AvgIpc) is 2.68. The van der Waals surface area contributed by atoms with E-state index in [1.165, 1.54) is 4.90 Å². The molecule has 2 amide bonds. The van der Waals surface area contributed by atoms with Crippen molar-refractivity contribution in [1.82, 2.24) is 15.5 Å². The van der Waals surface area contributed by atoms with E-state index in [1.807, 2.05) is 6.92 Å². The molecule has 1 atom stereocenters. The first kappa shape index (κ1) is 23.1. The van der Waals surface area contributed by atoms with Crippen LogP contribution < -0.4 is 15.4 Å². The van der Waals surface area contributed by atoms with Crippen LogP contribution in [0, 0.1) is 0 Å². The van der Waals surface area contributed by atoms with Crippen LogP contribution in [0.5, 0.6) is 5.75 Å². The number of hydrogen-bond acceptors (Lipinski definition) is 6. The number of thiocarbonyl (C=S) groups is 1. The van der Waals surface area contributed by atoms with Gasteiger partial charge in [-0.3, -0.25) is 19.7 Å². The third-order valence-electron chi connectivity index (χ3n) is 4.13. The second kappa shape index (κ2) is 11.1. The zero-order chi connectivity index (χ0) is 21.4. The Labute approximate surface area is 183 Å². The minimum atomic E-state index is -0.827. The molecule has 0 bridgehead atoms. The van der Waals surface area contributed by atoms with E-state index < -0.39 is 17.9 Å². The van der Waals surface area contributed by atoms with E-state index in [1.54, 1.807) is 25.1 Å². The van der Waals surface area contributed by atoms with E-state index in [9.17, 15) is 14.4 Å². The fourth-order valence-corrected chi connectivity index (χ4v) is 3.56. The molecule has 0 aromatic heterocycles. The van der Waals surface area contributed by atoms with Gasteiger partial charge in [0.2, 0.25) is 5.91 Å². The molecule has 10 heteroatoms. The summed E-state index contributed by atoms with van der Waals surface area (Å²) in [6.45, 7) is 5.24. The second-order valence-corrected chi connectivity index (χ2v) is 7.50. The number of carbonyl (C=O) groups is 3. The van der Waals surface area contributed by atoms with Crippen molar-refractivity contribution in [1.29, 1.82) is 0 Å². The molecule has 0 aliphatic carbocycles. The lowest BCUT2D eigenvalue weighted by atomic mass is 10.1. The molecule has 2 rings (SSSR count). The summed E-state index contributed by atoms with van der Waals surface area (Å²) in [5.41, 5.74) is 0.381. The van der Waals surface area contributed by atoms with Crippen molar-refractivity contribution in [2.75, 3.05) is 26.3 Å². The number of piperazine rings is 1. The zero-order valence-corrected chi connectivity index (χ0v) is 18.7. The standard InChI is InChI=1S/C19H24BrN3O5S/c1-3-9-28-15-6-5-12(10-13(15)20)17(25)22-19(29)23-8-7-21-18(26)14(23)11-16(24)27-4-2/h5-6,10,14H,3-4,7-9,11H2,1-2H3,(H,21,26)(H,22,25,29). The summed E-state index contributed by atoms with van der Waals surface area (Å²) in [5, 5.41) is 5.42.